The monoisotopic (exact) mass is 449 g/mol. The summed E-state index contributed by atoms with van der Waals surface area (Å²) in [6.45, 7) is 0. The van der Waals surface area contributed by atoms with Crippen LogP contribution in [-0.2, 0) is 4.79 Å². The maximum atomic E-state index is 12.1. The lowest BCUT2D eigenvalue weighted by atomic mass is 10.2. The molecule has 0 aliphatic rings. The lowest BCUT2D eigenvalue weighted by molar-refractivity contribution is -0.384. The fourth-order valence-electron chi connectivity index (χ4n) is 2.53. The molecular weight excluding hydrogens is 434 g/mol. The molecule has 0 saturated heterocycles. The molecule has 0 saturated carbocycles. The van der Waals surface area contributed by atoms with Crippen LogP contribution in [0.25, 0.3) is 6.08 Å². The van der Waals surface area contributed by atoms with Crippen molar-refractivity contribution >= 4 is 41.5 Å². The van der Waals surface area contributed by atoms with E-state index in [1.807, 2.05) is 6.07 Å². The first-order chi connectivity index (χ1) is 15.4. The highest BCUT2D eigenvalue weighted by Crippen LogP contribution is 2.17. The number of hydrogen-bond acceptors (Lipinski definition) is 6. The van der Waals surface area contributed by atoms with E-state index in [0.29, 0.717) is 21.9 Å². The normalized spacial score (nSPS) is 10.9. The molecule has 1 amide bonds. The lowest BCUT2D eigenvalue weighted by Gasteiger charge is -2.02. The molecule has 0 bridgehead atoms. The summed E-state index contributed by atoms with van der Waals surface area (Å²) < 4.78 is 5.22. The van der Waals surface area contributed by atoms with Gasteiger partial charge in [-0.05, 0) is 53.6 Å². The van der Waals surface area contributed by atoms with Crippen molar-refractivity contribution in [2.24, 2.45) is 5.10 Å². The van der Waals surface area contributed by atoms with Crippen LogP contribution < -0.4 is 10.2 Å². The first-order valence-corrected chi connectivity index (χ1v) is 9.62. The van der Waals surface area contributed by atoms with Gasteiger partial charge in [0.1, 0.15) is 5.75 Å². The van der Waals surface area contributed by atoms with E-state index < -0.39 is 16.8 Å². The molecule has 3 aromatic rings. The Morgan fingerprint density at radius 2 is 1.78 bits per heavy atom. The molecule has 0 aliphatic carbocycles. The molecule has 8 nitrogen and oxygen atoms in total. The third kappa shape index (κ3) is 6.35. The van der Waals surface area contributed by atoms with Crippen LogP contribution in [0.2, 0.25) is 5.02 Å². The molecule has 9 heteroatoms. The van der Waals surface area contributed by atoms with Crippen molar-refractivity contribution < 1.29 is 19.2 Å². The number of esters is 1. The number of benzene rings is 3. The molecule has 0 spiro atoms. The quantitative estimate of drug-likeness (QED) is 0.141. The van der Waals surface area contributed by atoms with Gasteiger partial charge in [-0.15, -0.1) is 0 Å². The summed E-state index contributed by atoms with van der Waals surface area (Å²) in [5, 5.41) is 15.1. The number of nitrogens with zero attached hydrogens (tertiary/aromatic N) is 2. The van der Waals surface area contributed by atoms with E-state index in [2.05, 4.69) is 10.5 Å². The highest BCUT2D eigenvalue weighted by atomic mass is 35.5. The van der Waals surface area contributed by atoms with Gasteiger partial charge in [-0.25, -0.2) is 10.2 Å². The number of hydrogen-bond donors (Lipinski definition) is 1. The largest absolute Gasteiger partial charge is 0.423 e. The Labute approximate surface area is 187 Å². The summed E-state index contributed by atoms with van der Waals surface area (Å²) in [5.74, 6) is -0.812. The molecule has 0 unspecified atom stereocenters. The molecule has 0 aromatic heterocycles. The Morgan fingerprint density at radius 3 is 2.50 bits per heavy atom. The van der Waals surface area contributed by atoms with Crippen LogP contribution in [0.5, 0.6) is 5.75 Å². The highest BCUT2D eigenvalue weighted by molar-refractivity contribution is 6.32. The number of hydrazone groups is 1. The number of amides is 1. The van der Waals surface area contributed by atoms with E-state index >= 15 is 0 Å². The highest BCUT2D eigenvalue weighted by Gasteiger charge is 2.10. The molecular formula is C23H16ClN3O5. The minimum absolute atomic E-state index is 0.114. The number of halogens is 1. The van der Waals surface area contributed by atoms with Crippen LogP contribution >= 0.6 is 11.6 Å². The standard InChI is InChI=1S/C23H16ClN3O5/c24-21-7-2-1-4-17(21)10-13-22(28)32-20-11-8-16(9-12-20)15-25-26-23(29)18-5-3-6-19(14-18)27(30)31/h1-15H,(H,26,29)/b13-10+,25-15+. The van der Waals surface area contributed by atoms with E-state index in [4.69, 9.17) is 16.3 Å². The summed E-state index contributed by atoms with van der Waals surface area (Å²) in [4.78, 5) is 34.2. The van der Waals surface area contributed by atoms with Gasteiger partial charge in [-0.1, -0.05) is 35.9 Å². The van der Waals surface area contributed by atoms with Gasteiger partial charge in [0.15, 0.2) is 0 Å². The minimum Gasteiger partial charge on any atom is -0.423 e. The summed E-state index contributed by atoms with van der Waals surface area (Å²) in [7, 11) is 0. The van der Waals surface area contributed by atoms with Crippen molar-refractivity contribution in [3.05, 3.63) is 111 Å². The van der Waals surface area contributed by atoms with Gasteiger partial charge in [0.05, 0.1) is 11.1 Å². The maximum Gasteiger partial charge on any atom is 0.336 e. The van der Waals surface area contributed by atoms with Gasteiger partial charge in [-0.3, -0.25) is 14.9 Å². The molecule has 0 fully saturated rings. The van der Waals surface area contributed by atoms with Crippen LogP contribution in [0.3, 0.4) is 0 Å². The average Bonchev–Trinajstić information content (AvgIpc) is 2.79. The average molecular weight is 450 g/mol. The first kappa shape index (κ1) is 22.4. The van der Waals surface area contributed by atoms with Gasteiger partial charge in [0.2, 0.25) is 0 Å². The number of non-ortho nitro benzene ring substituents is 1. The Morgan fingerprint density at radius 1 is 1.03 bits per heavy atom. The zero-order valence-electron chi connectivity index (χ0n) is 16.5. The van der Waals surface area contributed by atoms with Crippen LogP contribution in [-0.4, -0.2) is 23.0 Å². The predicted molar refractivity (Wildman–Crippen MR) is 121 cm³/mol. The van der Waals surface area contributed by atoms with E-state index in [-0.39, 0.29) is 11.3 Å². The number of ether oxygens (including phenoxy) is 1. The topological polar surface area (TPSA) is 111 Å². The zero-order chi connectivity index (χ0) is 22.9. The minimum atomic E-state index is -0.583. The Bertz CT molecular complexity index is 1210. The van der Waals surface area contributed by atoms with E-state index in [1.165, 1.54) is 30.5 Å². The smallest absolute Gasteiger partial charge is 0.336 e. The second-order valence-corrected chi connectivity index (χ2v) is 6.76. The second kappa shape index (κ2) is 10.6. The van der Waals surface area contributed by atoms with E-state index in [0.717, 1.165) is 6.07 Å². The second-order valence-electron chi connectivity index (χ2n) is 6.35. The molecule has 3 aromatic carbocycles. The fourth-order valence-corrected chi connectivity index (χ4v) is 2.73. The molecule has 0 radical (unpaired) electrons. The van der Waals surface area contributed by atoms with Crippen molar-refractivity contribution in [3.63, 3.8) is 0 Å². The van der Waals surface area contributed by atoms with Gasteiger partial charge >= 0.3 is 5.97 Å². The number of rotatable bonds is 7. The Balaban J connectivity index is 1.54. The number of carbonyl (C=O) groups excluding carboxylic acids is 2. The predicted octanol–water partition coefficient (Wildman–Crippen LogP) is 4.63. The summed E-state index contributed by atoms with van der Waals surface area (Å²) in [6.07, 6.45) is 4.23. The van der Waals surface area contributed by atoms with E-state index in [9.17, 15) is 19.7 Å². The van der Waals surface area contributed by atoms with Crippen LogP contribution in [0.15, 0.2) is 84.0 Å². The van der Waals surface area contributed by atoms with Crippen LogP contribution in [0.1, 0.15) is 21.5 Å². The number of nitro benzene ring substituents is 1. The Kier molecular flexibility index (Phi) is 7.45. The third-order valence-electron chi connectivity index (χ3n) is 4.10. The lowest BCUT2D eigenvalue weighted by Crippen LogP contribution is -2.17. The molecule has 0 atom stereocenters. The molecule has 160 valence electrons. The van der Waals surface area contributed by atoms with Crippen molar-refractivity contribution in [2.75, 3.05) is 0 Å². The number of nitro groups is 1. The van der Waals surface area contributed by atoms with Crippen molar-refractivity contribution in [3.8, 4) is 5.75 Å². The van der Waals surface area contributed by atoms with Crippen LogP contribution in [0, 0.1) is 10.1 Å². The number of carbonyl (C=O) groups is 2. The molecule has 3 rings (SSSR count). The van der Waals surface area contributed by atoms with Gasteiger partial charge in [0.25, 0.3) is 11.6 Å². The fraction of sp³-hybridized carbons (Fsp3) is 0. The van der Waals surface area contributed by atoms with Gasteiger partial charge < -0.3 is 4.74 Å². The number of nitrogens with one attached hydrogen (secondary N) is 1. The SMILES string of the molecule is O=C(/C=C/c1ccccc1Cl)Oc1ccc(/C=N/NC(=O)c2cccc([N+](=O)[O-])c2)cc1. The Hall–Kier alpha value is -4.30. The maximum absolute atomic E-state index is 12.1. The van der Waals surface area contributed by atoms with Crippen molar-refractivity contribution in [1.82, 2.24) is 5.43 Å². The van der Waals surface area contributed by atoms with Crippen LogP contribution in [0.4, 0.5) is 5.69 Å². The van der Waals surface area contributed by atoms with Gasteiger partial charge in [-0.2, -0.15) is 5.10 Å². The summed E-state index contributed by atoms with van der Waals surface area (Å²) >= 11 is 6.03. The van der Waals surface area contributed by atoms with Gasteiger partial charge in [0, 0.05) is 28.8 Å². The van der Waals surface area contributed by atoms with Crippen molar-refractivity contribution in [2.45, 2.75) is 0 Å². The third-order valence-corrected chi connectivity index (χ3v) is 4.45. The summed E-state index contributed by atoms with van der Waals surface area (Å²) in [5.41, 5.74) is 3.56. The molecule has 32 heavy (non-hydrogen) atoms. The first-order valence-electron chi connectivity index (χ1n) is 9.25. The van der Waals surface area contributed by atoms with Crippen molar-refractivity contribution in [1.29, 1.82) is 0 Å². The van der Waals surface area contributed by atoms with E-state index in [1.54, 1.807) is 48.5 Å². The molecule has 0 heterocycles. The molecule has 0 aliphatic heterocycles. The summed E-state index contributed by atoms with van der Waals surface area (Å²) in [6, 6.07) is 18.8. The zero-order valence-corrected chi connectivity index (χ0v) is 17.2. The molecule has 1 N–H and O–H groups in total.